The van der Waals surface area contributed by atoms with Gasteiger partial charge in [-0.25, -0.2) is 8.78 Å². The van der Waals surface area contributed by atoms with Crippen LogP contribution in [-0.4, -0.2) is 11.6 Å². The Balaban J connectivity index is 0.000000561. The SMILES string of the molecule is CN.OSc1cc(F)cc(F)c1. The van der Waals surface area contributed by atoms with Gasteiger partial charge in [0.15, 0.2) is 0 Å². The Labute approximate surface area is 73.6 Å². The highest BCUT2D eigenvalue weighted by Crippen LogP contribution is 2.16. The van der Waals surface area contributed by atoms with Crippen LogP contribution in [0.5, 0.6) is 0 Å². The van der Waals surface area contributed by atoms with Crippen LogP contribution in [0.3, 0.4) is 0 Å². The summed E-state index contributed by atoms with van der Waals surface area (Å²) in [5.41, 5.74) is 4.50. The molecule has 0 aliphatic rings. The van der Waals surface area contributed by atoms with Gasteiger partial charge in [0.05, 0.1) is 0 Å². The minimum Gasteiger partial charge on any atom is -0.333 e. The topological polar surface area (TPSA) is 46.2 Å². The summed E-state index contributed by atoms with van der Waals surface area (Å²) in [5.74, 6) is -1.37. The van der Waals surface area contributed by atoms with Crippen molar-refractivity contribution in [3.05, 3.63) is 29.8 Å². The predicted octanol–water partition coefficient (Wildman–Crippen LogP) is 2.10. The Morgan fingerprint density at radius 3 is 1.92 bits per heavy atom. The van der Waals surface area contributed by atoms with Crippen molar-refractivity contribution in [2.24, 2.45) is 5.73 Å². The van der Waals surface area contributed by atoms with Gasteiger partial charge in [0.1, 0.15) is 11.6 Å². The molecule has 2 nitrogen and oxygen atoms in total. The number of hydrogen-bond donors (Lipinski definition) is 2. The number of nitrogens with two attached hydrogens (primary N) is 1. The molecule has 0 heterocycles. The van der Waals surface area contributed by atoms with Crippen molar-refractivity contribution in [3.63, 3.8) is 0 Å². The summed E-state index contributed by atoms with van der Waals surface area (Å²) in [6.45, 7) is 0. The molecule has 5 heteroatoms. The molecule has 0 radical (unpaired) electrons. The van der Waals surface area contributed by atoms with E-state index < -0.39 is 11.6 Å². The number of rotatable bonds is 1. The number of hydrogen-bond acceptors (Lipinski definition) is 3. The summed E-state index contributed by atoms with van der Waals surface area (Å²) in [5, 5.41) is 0. The minimum absolute atomic E-state index is 0.164. The largest absolute Gasteiger partial charge is 0.333 e. The van der Waals surface area contributed by atoms with E-state index in [0.717, 1.165) is 18.2 Å². The molecular weight excluding hydrogens is 184 g/mol. The Morgan fingerprint density at radius 1 is 1.17 bits per heavy atom. The first-order valence-electron chi connectivity index (χ1n) is 3.07. The zero-order valence-electron chi connectivity index (χ0n) is 6.42. The van der Waals surface area contributed by atoms with Crippen LogP contribution in [0.15, 0.2) is 23.1 Å². The molecule has 0 amide bonds. The zero-order chi connectivity index (χ0) is 9.56. The molecule has 1 rings (SSSR count). The average molecular weight is 193 g/mol. The molecule has 3 N–H and O–H groups in total. The van der Waals surface area contributed by atoms with Crippen LogP contribution in [0.1, 0.15) is 0 Å². The molecule has 0 spiro atoms. The van der Waals surface area contributed by atoms with E-state index in [2.05, 4.69) is 5.73 Å². The molecule has 0 fully saturated rings. The molecule has 12 heavy (non-hydrogen) atoms. The molecule has 0 aliphatic heterocycles. The first-order chi connectivity index (χ1) is 5.72. The summed E-state index contributed by atoms with van der Waals surface area (Å²) < 4.78 is 32.9. The van der Waals surface area contributed by atoms with Gasteiger partial charge in [-0.15, -0.1) is 0 Å². The maximum atomic E-state index is 12.3. The van der Waals surface area contributed by atoms with Gasteiger partial charge in [-0.3, -0.25) is 0 Å². The number of halogens is 2. The van der Waals surface area contributed by atoms with Crippen LogP contribution in [0.2, 0.25) is 0 Å². The quantitative estimate of drug-likeness (QED) is 0.671. The van der Waals surface area contributed by atoms with Crippen molar-refractivity contribution < 1.29 is 13.3 Å². The highest BCUT2D eigenvalue weighted by atomic mass is 32.2. The molecule has 1 aromatic rings. The molecule has 0 bridgehead atoms. The van der Waals surface area contributed by atoms with Gasteiger partial charge in [0, 0.05) is 23.0 Å². The summed E-state index contributed by atoms with van der Waals surface area (Å²) in [6, 6.07) is 2.85. The van der Waals surface area contributed by atoms with E-state index in [1.807, 2.05) is 0 Å². The summed E-state index contributed by atoms with van der Waals surface area (Å²) in [4.78, 5) is 0.164. The Morgan fingerprint density at radius 2 is 1.58 bits per heavy atom. The second-order valence-corrected chi connectivity index (χ2v) is 2.35. The maximum absolute atomic E-state index is 12.3. The lowest BCUT2D eigenvalue weighted by atomic mass is 10.3. The number of benzene rings is 1. The Hall–Kier alpha value is -0.650. The van der Waals surface area contributed by atoms with Crippen LogP contribution in [-0.2, 0) is 0 Å². The first-order valence-corrected chi connectivity index (χ1v) is 3.85. The van der Waals surface area contributed by atoms with Crippen LogP contribution < -0.4 is 5.73 Å². The molecule has 0 aliphatic carbocycles. The van der Waals surface area contributed by atoms with Gasteiger partial charge in [-0.2, -0.15) is 0 Å². The molecule has 0 saturated carbocycles. The Bertz CT molecular complexity index is 225. The standard InChI is InChI=1S/C6H4F2OS.CH5N/c7-4-1-5(8)3-6(2-4)10-9;1-2/h1-3,9H;2H2,1H3. The average Bonchev–Trinajstić information content (AvgIpc) is 2.06. The van der Waals surface area contributed by atoms with Crippen molar-refractivity contribution in [1.29, 1.82) is 0 Å². The van der Waals surface area contributed by atoms with E-state index in [9.17, 15) is 8.78 Å². The molecule has 1 aromatic carbocycles. The fourth-order valence-electron chi connectivity index (χ4n) is 0.581. The summed E-state index contributed by atoms with van der Waals surface area (Å²) in [7, 11) is 1.50. The van der Waals surface area contributed by atoms with E-state index in [1.165, 1.54) is 7.05 Å². The van der Waals surface area contributed by atoms with Crippen LogP contribution >= 0.6 is 12.0 Å². The van der Waals surface area contributed by atoms with Gasteiger partial charge in [0.2, 0.25) is 0 Å². The molecular formula is C7H9F2NOS. The third kappa shape index (κ3) is 3.66. The Kier molecular flexibility index (Phi) is 5.61. The lowest BCUT2D eigenvalue weighted by Gasteiger charge is -1.93. The van der Waals surface area contributed by atoms with E-state index in [0.29, 0.717) is 12.0 Å². The van der Waals surface area contributed by atoms with Crippen LogP contribution in [0.4, 0.5) is 8.78 Å². The van der Waals surface area contributed by atoms with Gasteiger partial charge < -0.3 is 10.3 Å². The minimum atomic E-state index is -0.684. The lowest BCUT2D eigenvalue weighted by molar-refractivity contribution is 0.575. The lowest BCUT2D eigenvalue weighted by Crippen LogP contribution is -1.79. The molecule has 0 unspecified atom stereocenters. The summed E-state index contributed by atoms with van der Waals surface area (Å²) in [6.07, 6.45) is 0. The fourth-order valence-corrected chi connectivity index (χ4v) is 0.912. The second kappa shape index (κ2) is 5.93. The van der Waals surface area contributed by atoms with Crippen molar-refractivity contribution in [1.82, 2.24) is 0 Å². The summed E-state index contributed by atoms with van der Waals surface area (Å²) >= 11 is 0.317. The van der Waals surface area contributed by atoms with Crippen LogP contribution in [0, 0.1) is 11.6 Å². The third-order valence-electron chi connectivity index (χ3n) is 0.941. The van der Waals surface area contributed by atoms with Gasteiger partial charge in [0.25, 0.3) is 0 Å². The fraction of sp³-hybridized carbons (Fsp3) is 0.143. The van der Waals surface area contributed by atoms with Crippen molar-refractivity contribution >= 4 is 12.0 Å². The highest BCUT2D eigenvalue weighted by molar-refractivity contribution is 7.93. The van der Waals surface area contributed by atoms with Crippen molar-refractivity contribution in [2.75, 3.05) is 7.05 Å². The van der Waals surface area contributed by atoms with Gasteiger partial charge >= 0.3 is 0 Å². The first kappa shape index (κ1) is 11.4. The molecule has 0 saturated heterocycles. The predicted molar refractivity (Wildman–Crippen MR) is 45.0 cm³/mol. The monoisotopic (exact) mass is 193 g/mol. The zero-order valence-corrected chi connectivity index (χ0v) is 7.24. The van der Waals surface area contributed by atoms with E-state index >= 15 is 0 Å². The van der Waals surface area contributed by atoms with Gasteiger partial charge in [-0.05, 0) is 19.2 Å². The van der Waals surface area contributed by atoms with E-state index in [-0.39, 0.29) is 4.90 Å². The normalized spacial score (nSPS) is 8.75. The van der Waals surface area contributed by atoms with Crippen LogP contribution in [0.25, 0.3) is 0 Å². The molecule has 0 atom stereocenters. The van der Waals surface area contributed by atoms with Crippen molar-refractivity contribution in [2.45, 2.75) is 4.90 Å². The van der Waals surface area contributed by atoms with Gasteiger partial charge in [-0.1, -0.05) is 0 Å². The van der Waals surface area contributed by atoms with E-state index in [4.69, 9.17) is 4.55 Å². The molecule has 68 valence electrons. The smallest absolute Gasteiger partial charge is 0.127 e. The maximum Gasteiger partial charge on any atom is 0.127 e. The van der Waals surface area contributed by atoms with E-state index in [1.54, 1.807) is 0 Å². The highest BCUT2D eigenvalue weighted by Gasteiger charge is 1.98. The second-order valence-electron chi connectivity index (χ2n) is 1.70. The molecule has 0 aromatic heterocycles. The third-order valence-corrected chi connectivity index (χ3v) is 1.39. The van der Waals surface area contributed by atoms with Crippen molar-refractivity contribution in [3.8, 4) is 0 Å².